The molecule has 0 unspecified atom stereocenters. The summed E-state index contributed by atoms with van der Waals surface area (Å²) in [5.74, 6) is 1.44. The summed E-state index contributed by atoms with van der Waals surface area (Å²) in [4.78, 5) is 30.5. The third-order valence-electron chi connectivity index (χ3n) is 3.74. The Labute approximate surface area is 128 Å². The second kappa shape index (κ2) is 6.46. The van der Waals surface area contributed by atoms with Crippen LogP contribution in [0.4, 0.5) is 11.8 Å². The number of piperidine rings is 1. The van der Waals surface area contributed by atoms with E-state index in [0.29, 0.717) is 18.3 Å². The minimum atomic E-state index is 0.115. The molecule has 114 valence electrons. The van der Waals surface area contributed by atoms with E-state index in [0.717, 1.165) is 25.1 Å². The predicted molar refractivity (Wildman–Crippen MR) is 81.6 cm³/mol. The van der Waals surface area contributed by atoms with Gasteiger partial charge in [0, 0.05) is 44.5 Å². The molecule has 1 amide bonds. The van der Waals surface area contributed by atoms with Gasteiger partial charge in [0.25, 0.3) is 0 Å². The van der Waals surface area contributed by atoms with Crippen LogP contribution in [0.1, 0.15) is 31.4 Å². The molecule has 0 aromatic carbocycles. The average molecular weight is 298 g/mol. The van der Waals surface area contributed by atoms with Crippen molar-refractivity contribution in [3.8, 4) is 0 Å². The Morgan fingerprint density at radius 3 is 2.91 bits per heavy atom. The highest BCUT2D eigenvalue weighted by molar-refractivity contribution is 5.73. The Balaban J connectivity index is 1.75. The Morgan fingerprint density at radius 2 is 2.14 bits per heavy atom. The van der Waals surface area contributed by atoms with Gasteiger partial charge in [-0.05, 0) is 18.9 Å². The molecule has 22 heavy (non-hydrogen) atoms. The summed E-state index contributed by atoms with van der Waals surface area (Å²) in [6, 6.07) is 1.76. The van der Waals surface area contributed by atoms with Gasteiger partial charge >= 0.3 is 0 Å². The van der Waals surface area contributed by atoms with Crippen LogP contribution in [0, 0.1) is 0 Å². The number of nitrogens with zero attached hydrogens (tertiary/aromatic N) is 5. The quantitative estimate of drug-likeness (QED) is 0.929. The molecule has 2 aromatic rings. The average Bonchev–Trinajstić information content (AvgIpc) is 2.56. The lowest BCUT2D eigenvalue weighted by atomic mass is 9.95. The minimum Gasteiger partial charge on any atom is -0.342 e. The number of amides is 1. The van der Waals surface area contributed by atoms with E-state index in [9.17, 15) is 4.79 Å². The molecule has 1 aliphatic heterocycles. The molecular weight excluding hydrogens is 280 g/mol. The molecule has 0 radical (unpaired) electrons. The first-order valence-corrected chi connectivity index (χ1v) is 7.34. The normalized spacial score (nSPS) is 18.0. The molecule has 3 heterocycles. The van der Waals surface area contributed by atoms with E-state index in [-0.39, 0.29) is 11.8 Å². The highest BCUT2D eigenvalue weighted by Crippen LogP contribution is 2.26. The van der Waals surface area contributed by atoms with Gasteiger partial charge in [0.15, 0.2) is 5.82 Å². The first-order chi connectivity index (χ1) is 10.7. The molecule has 1 aliphatic rings. The van der Waals surface area contributed by atoms with Crippen LogP contribution < -0.4 is 5.32 Å². The van der Waals surface area contributed by atoms with Crippen molar-refractivity contribution in [1.29, 1.82) is 0 Å². The lowest BCUT2D eigenvalue weighted by Crippen LogP contribution is -2.37. The first-order valence-electron chi connectivity index (χ1n) is 7.34. The summed E-state index contributed by atoms with van der Waals surface area (Å²) in [6.45, 7) is 3.14. The van der Waals surface area contributed by atoms with E-state index < -0.39 is 0 Å². The topological polar surface area (TPSA) is 83.9 Å². The molecule has 2 aromatic heterocycles. The van der Waals surface area contributed by atoms with Crippen LogP contribution in [0.5, 0.6) is 0 Å². The number of likely N-dealkylation sites (tertiary alicyclic amines) is 1. The summed E-state index contributed by atoms with van der Waals surface area (Å²) in [6.07, 6.45) is 8.75. The Hall–Kier alpha value is -2.57. The van der Waals surface area contributed by atoms with Crippen LogP contribution in [0.25, 0.3) is 0 Å². The zero-order chi connectivity index (χ0) is 15.4. The number of nitrogens with one attached hydrogen (secondary N) is 1. The van der Waals surface area contributed by atoms with E-state index in [1.165, 1.54) is 0 Å². The molecule has 3 rings (SSSR count). The molecule has 0 aliphatic carbocycles. The molecule has 1 saturated heterocycles. The zero-order valence-corrected chi connectivity index (χ0v) is 12.4. The van der Waals surface area contributed by atoms with Crippen LogP contribution in [0.15, 0.2) is 30.9 Å². The van der Waals surface area contributed by atoms with Crippen molar-refractivity contribution in [2.75, 3.05) is 18.4 Å². The Bertz CT molecular complexity index is 647. The van der Waals surface area contributed by atoms with E-state index in [2.05, 4.69) is 25.3 Å². The smallest absolute Gasteiger partial charge is 0.228 e. The van der Waals surface area contributed by atoms with Gasteiger partial charge in [-0.2, -0.15) is 0 Å². The fourth-order valence-electron chi connectivity index (χ4n) is 2.62. The fourth-order valence-corrected chi connectivity index (χ4v) is 2.62. The molecule has 0 saturated carbocycles. The van der Waals surface area contributed by atoms with Gasteiger partial charge in [-0.3, -0.25) is 9.78 Å². The predicted octanol–water partition coefficient (Wildman–Crippen LogP) is 1.74. The number of anilines is 2. The highest BCUT2D eigenvalue weighted by atomic mass is 16.2. The molecule has 1 fully saturated rings. The van der Waals surface area contributed by atoms with Gasteiger partial charge in [-0.25, -0.2) is 15.0 Å². The summed E-state index contributed by atoms with van der Waals surface area (Å²) in [7, 11) is 0. The largest absolute Gasteiger partial charge is 0.342 e. The Kier molecular flexibility index (Phi) is 4.22. The van der Waals surface area contributed by atoms with Gasteiger partial charge < -0.3 is 10.2 Å². The van der Waals surface area contributed by atoms with Crippen LogP contribution in [-0.2, 0) is 4.79 Å². The highest BCUT2D eigenvalue weighted by Gasteiger charge is 2.24. The molecule has 1 atom stereocenters. The van der Waals surface area contributed by atoms with Crippen molar-refractivity contribution in [2.45, 2.75) is 25.7 Å². The van der Waals surface area contributed by atoms with Gasteiger partial charge in [0.1, 0.15) is 0 Å². The number of rotatable bonds is 3. The van der Waals surface area contributed by atoms with E-state index in [1.807, 2.05) is 4.90 Å². The van der Waals surface area contributed by atoms with Crippen molar-refractivity contribution in [3.63, 3.8) is 0 Å². The number of carbonyl (C=O) groups is 1. The number of carbonyl (C=O) groups excluding carboxylic acids is 1. The molecule has 0 spiro atoms. The maximum atomic E-state index is 11.5. The van der Waals surface area contributed by atoms with Crippen molar-refractivity contribution < 1.29 is 4.79 Å². The molecular formula is C15H18N6O. The standard InChI is InChI=1S/C15H18N6O/c1-11(22)21-7-2-4-12(10-21)13-8-16-9-14(19-13)20-15-17-5-3-6-18-15/h3,5-6,8-9,12H,2,4,7,10H2,1H3,(H,17,18,19,20)/t12-/m1/s1. The van der Waals surface area contributed by atoms with Crippen LogP contribution in [-0.4, -0.2) is 43.8 Å². The number of hydrogen-bond donors (Lipinski definition) is 1. The lowest BCUT2D eigenvalue weighted by Gasteiger charge is -2.31. The molecule has 7 heteroatoms. The van der Waals surface area contributed by atoms with E-state index in [4.69, 9.17) is 0 Å². The summed E-state index contributed by atoms with van der Waals surface area (Å²) >= 11 is 0. The first kappa shape index (κ1) is 14.4. The summed E-state index contributed by atoms with van der Waals surface area (Å²) in [5.41, 5.74) is 0.895. The fraction of sp³-hybridized carbons (Fsp3) is 0.400. The summed E-state index contributed by atoms with van der Waals surface area (Å²) in [5, 5.41) is 3.04. The Morgan fingerprint density at radius 1 is 1.32 bits per heavy atom. The van der Waals surface area contributed by atoms with E-state index >= 15 is 0 Å². The number of aromatic nitrogens is 4. The molecule has 1 N–H and O–H groups in total. The lowest BCUT2D eigenvalue weighted by molar-refractivity contribution is -0.130. The van der Waals surface area contributed by atoms with Crippen LogP contribution >= 0.6 is 0 Å². The second-order valence-corrected chi connectivity index (χ2v) is 5.33. The van der Waals surface area contributed by atoms with E-state index in [1.54, 1.807) is 37.8 Å². The minimum absolute atomic E-state index is 0.115. The molecule has 7 nitrogen and oxygen atoms in total. The van der Waals surface area contributed by atoms with Gasteiger partial charge in [-0.15, -0.1) is 0 Å². The van der Waals surface area contributed by atoms with Crippen molar-refractivity contribution in [3.05, 3.63) is 36.5 Å². The van der Waals surface area contributed by atoms with Gasteiger partial charge in [0.2, 0.25) is 11.9 Å². The monoisotopic (exact) mass is 298 g/mol. The zero-order valence-electron chi connectivity index (χ0n) is 12.4. The van der Waals surface area contributed by atoms with Gasteiger partial charge in [-0.1, -0.05) is 0 Å². The maximum Gasteiger partial charge on any atom is 0.228 e. The number of hydrogen-bond acceptors (Lipinski definition) is 6. The second-order valence-electron chi connectivity index (χ2n) is 5.33. The third-order valence-corrected chi connectivity index (χ3v) is 3.74. The van der Waals surface area contributed by atoms with Crippen molar-refractivity contribution in [1.82, 2.24) is 24.8 Å². The SMILES string of the molecule is CC(=O)N1CCC[C@@H](c2cncc(Nc3ncccn3)n2)C1. The van der Waals surface area contributed by atoms with Crippen molar-refractivity contribution >= 4 is 17.7 Å². The molecule has 0 bridgehead atoms. The maximum absolute atomic E-state index is 11.5. The van der Waals surface area contributed by atoms with Crippen LogP contribution in [0.2, 0.25) is 0 Å². The van der Waals surface area contributed by atoms with Crippen molar-refractivity contribution in [2.24, 2.45) is 0 Å². The summed E-state index contributed by atoms with van der Waals surface area (Å²) < 4.78 is 0. The third kappa shape index (κ3) is 3.36. The van der Waals surface area contributed by atoms with Crippen LogP contribution in [0.3, 0.4) is 0 Å². The van der Waals surface area contributed by atoms with Gasteiger partial charge in [0.05, 0.1) is 11.9 Å².